The van der Waals surface area contributed by atoms with Crippen LogP contribution in [0.15, 0.2) is 18.2 Å². The largest absolute Gasteiger partial charge is 0.790 e. The lowest BCUT2D eigenvalue weighted by atomic mass is 9.55. The van der Waals surface area contributed by atoms with Crippen LogP contribution in [0.1, 0.15) is 56.1 Å². The van der Waals surface area contributed by atoms with Crippen molar-refractivity contribution in [1.82, 2.24) is 0 Å². The summed E-state index contributed by atoms with van der Waals surface area (Å²) in [7, 11) is -4.94. The highest BCUT2D eigenvalue weighted by Gasteiger charge is 2.55. The van der Waals surface area contributed by atoms with E-state index in [4.69, 9.17) is 4.52 Å². The van der Waals surface area contributed by atoms with Gasteiger partial charge in [0.1, 0.15) is 5.75 Å². The number of benzene rings is 1. The van der Waals surface area contributed by atoms with Gasteiger partial charge in [0.05, 0.1) is 13.9 Å². The topological polar surface area (TPSA) is 92.7 Å². The predicted octanol–water partition coefficient (Wildman–Crippen LogP) is 2.46. The van der Waals surface area contributed by atoms with Crippen LogP contribution in [0.4, 0.5) is 0 Å². The molecule has 0 unspecified atom stereocenters. The van der Waals surface area contributed by atoms with Crippen molar-refractivity contribution in [1.29, 1.82) is 0 Å². The Kier molecular flexibility index (Phi) is 3.85. The molecule has 2 fully saturated rings. The molecular weight excluding hydrogens is 327 g/mol. The maximum atomic E-state index is 11.1. The highest BCUT2D eigenvalue weighted by Crippen LogP contribution is 2.62. The van der Waals surface area contributed by atoms with Crippen molar-refractivity contribution in [3.05, 3.63) is 29.3 Å². The zero-order chi connectivity index (χ0) is 17.1. The summed E-state index contributed by atoms with van der Waals surface area (Å²) < 4.78 is 16.1. The molecule has 6 heteroatoms. The molecule has 5 atom stereocenters. The maximum absolute atomic E-state index is 11.1. The first kappa shape index (κ1) is 16.6. The van der Waals surface area contributed by atoms with Crippen LogP contribution in [-0.4, -0.2) is 11.2 Å². The van der Waals surface area contributed by atoms with Crippen LogP contribution in [0, 0.1) is 17.3 Å². The number of phenols is 1. The van der Waals surface area contributed by atoms with Crippen molar-refractivity contribution in [3.8, 4) is 5.75 Å². The maximum Gasteiger partial charge on any atom is 0.115 e. The zero-order valence-electron chi connectivity index (χ0n) is 13.8. The van der Waals surface area contributed by atoms with Crippen molar-refractivity contribution in [3.63, 3.8) is 0 Å². The second kappa shape index (κ2) is 5.57. The Morgan fingerprint density at radius 3 is 2.79 bits per heavy atom. The molecule has 0 aliphatic heterocycles. The van der Waals surface area contributed by atoms with Crippen molar-refractivity contribution < 1.29 is 24.0 Å². The first-order valence-electron chi connectivity index (χ1n) is 8.80. The van der Waals surface area contributed by atoms with Gasteiger partial charge in [0.15, 0.2) is 0 Å². The van der Waals surface area contributed by atoms with Gasteiger partial charge in [-0.15, -0.1) is 0 Å². The van der Waals surface area contributed by atoms with Crippen LogP contribution in [-0.2, 0) is 15.5 Å². The normalized spacial score (nSPS) is 38.3. The molecule has 3 aliphatic rings. The van der Waals surface area contributed by atoms with E-state index in [0.717, 1.165) is 32.1 Å². The minimum Gasteiger partial charge on any atom is -0.790 e. The molecule has 1 N–H and O–H groups in total. The van der Waals surface area contributed by atoms with Crippen LogP contribution < -0.4 is 9.79 Å². The number of hydrogen-bond donors (Lipinski definition) is 1. The third-order valence-corrected chi connectivity index (χ3v) is 7.39. The fourth-order valence-corrected chi connectivity index (χ4v) is 6.51. The molecule has 0 aromatic heterocycles. The molecule has 0 saturated heterocycles. The summed E-state index contributed by atoms with van der Waals surface area (Å²) in [5.74, 6) is 1.70. The first-order valence-corrected chi connectivity index (χ1v) is 10.3. The predicted molar refractivity (Wildman–Crippen MR) is 85.2 cm³/mol. The van der Waals surface area contributed by atoms with Crippen LogP contribution >= 0.6 is 7.82 Å². The third-order valence-electron chi connectivity index (χ3n) is 6.88. The van der Waals surface area contributed by atoms with E-state index in [0.29, 0.717) is 29.9 Å². The van der Waals surface area contributed by atoms with E-state index in [1.807, 2.05) is 6.07 Å². The van der Waals surface area contributed by atoms with Gasteiger partial charge in [-0.1, -0.05) is 13.0 Å². The standard InChI is InChI=1S/C18H25O5P/c1-18-9-8-14-13-5-3-12(19)10-11(13)2-4-15(14)16(18)6-7-17(18)23-24(20,21)22/h3,5,10,14-17,19H,2,4,6-9H2,1H3,(H2,20,21,22)/p-2/t14-,15-,16-,17-,18+/m0/s1. The van der Waals surface area contributed by atoms with E-state index in [9.17, 15) is 19.5 Å². The fraction of sp³-hybridized carbons (Fsp3) is 0.667. The average molecular weight is 350 g/mol. The Labute approximate surface area is 142 Å². The van der Waals surface area contributed by atoms with Gasteiger partial charge < -0.3 is 24.0 Å². The summed E-state index contributed by atoms with van der Waals surface area (Å²) in [5, 5.41) is 9.72. The van der Waals surface area contributed by atoms with E-state index in [-0.39, 0.29) is 5.41 Å². The van der Waals surface area contributed by atoms with Crippen LogP contribution in [0.3, 0.4) is 0 Å². The third kappa shape index (κ3) is 2.62. The Morgan fingerprint density at radius 2 is 2.04 bits per heavy atom. The number of phenolic OH excluding ortho intramolecular Hbond substituents is 1. The number of rotatable bonds is 2. The molecule has 1 aromatic rings. The molecule has 24 heavy (non-hydrogen) atoms. The SMILES string of the molecule is C[C@@]12CC[C@H]3c4ccc(O)cc4CC[C@@H]3[C@@H]1CC[C@@H]2OP(=O)([O-])[O-]. The molecule has 4 rings (SSSR count). The summed E-state index contributed by atoms with van der Waals surface area (Å²) in [5.41, 5.74) is 2.36. The van der Waals surface area contributed by atoms with Crippen molar-refractivity contribution in [2.75, 3.05) is 0 Å². The molecule has 1 aromatic carbocycles. The van der Waals surface area contributed by atoms with E-state index in [1.54, 1.807) is 6.07 Å². The molecule has 132 valence electrons. The van der Waals surface area contributed by atoms with Gasteiger partial charge in [-0.25, -0.2) is 0 Å². The number of hydrogen-bond acceptors (Lipinski definition) is 5. The smallest absolute Gasteiger partial charge is 0.115 e. The Hall–Kier alpha value is -0.870. The lowest BCUT2D eigenvalue weighted by Crippen LogP contribution is -2.45. The van der Waals surface area contributed by atoms with Crippen LogP contribution in [0.25, 0.3) is 0 Å². The average Bonchev–Trinajstić information content (AvgIpc) is 2.82. The molecular formula is C18H23O5P-2. The summed E-state index contributed by atoms with van der Waals surface area (Å²) in [4.78, 5) is 22.2. The Morgan fingerprint density at radius 1 is 1.25 bits per heavy atom. The van der Waals surface area contributed by atoms with Gasteiger partial charge in [0.2, 0.25) is 0 Å². The monoisotopic (exact) mass is 350 g/mol. The van der Waals surface area contributed by atoms with Crippen LogP contribution in [0.5, 0.6) is 5.75 Å². The lowest BCUT2D eigenvalue weighted by molar-refractivity contribution is -0.347. The second-order valence-corrected chi connectivity index (χ2v) is 9.07. The summed E-state index contributed by atoms with van der Waals surface area (Å²) in [6.45, 7) is 2.10. The van der Waals surface area contributed by atoms with Gasteiger partial charge in [-0.3, -0.25) is 0 Å². The molecule has 0 heterocycles. The molecule has 2 saturated carbocycles. The van der Waals surface area contributed by atoms with E-state index in [1.165, 1.54) is 11.1 Å². The first-order chi connectivity index (χ1) is 11.3. The number of aryl methyl sites for hydroxylation is 1. The molecule has 0 radical (unpaired) electrons. The van der Waals surface area contributed by atoms with E-state index < -0.39 is 13.9 Å². The van der Waals surface area contributed by atoms with Gasteiger partial charge >= 0.3 is 0 Å². The summed E-state index contributed by atoms with van der Waals surface area (Å²) in [6, 6.07) is 5.70. The molecule has 0 bridgehead atoms. The molecule has 0 spiro atoms. The number of phosphoric acid groups is 1. The zero-order valence-corrected chi connectivity index (χ0v) is 14.7. The van der Waals surface area contributed by atoms with Crippen LogP contribution in [0.2, 0.25) is 0 Å². The second-order valence-electron chi connectivity index (χ2n) is 7.96. The van der Waals surface area contributed by atoms with Crippen molar-refractivity contribution in [2.45, 2.75) is 57.5 Å². The minimum atomic E-state index is -4.94. The Balaban J connectivity index is 1.62. The highest BCUT2D eigenvalue weighted by atomic mass is 31.2. The van der Waals surface area contributed by atoms with Crippen molar-refractivity contribution in [2.24, 2.45) is 17.3 Å². The van der Waals surface area contributed by atoms with Gasteiger partial charge in [0.25, 0.3) is 0 Å². The summed E-state index contributed by atoms with van der Waals surface area (Å²) in [6.07, 6.45) is 4.98. The number of fused-ring (bicyclic) bond motifs is 5. The number of phosphoric ester groups is 1. The molecule has 5 nitrogen and oxygen atoms in total. The van der Waals surface area contributed by atoms with E-state index >= 15 is 0 Å². The minimum absolute atomic E-state index is 0.222. The van der Waals surface area contributed by atoms with E-state index in [2.05, 4.69) is 13.0 Å². The fourth-order valence-electron chi connectivity index (χ4n) is 5.85. The summed E-state index contributed by atoms with van der Waals surface area (Å²) >= 11 is 0. The quantitative estimate of drug-likeness (QED) is 0.827. The van der Waals surface area contributed by atoms with Gasteiger partial charge in [0, 0.05) is 0 Å². The number of aromatic hydroxyl groups is 1. The van der Waals surface area contributed by atoms with Crippen molar-refractivity contribution >= 4 is 7.82 Å². The lowest BCUT2D eigenvalue weighted by Gasteiger charge is -2.51. The Bertz CT molecular complexity index is 699. The highest BCUT2D eigenvalue weighted by molar-refractivity contribution is 7.43. The molecule has 3 aliphatic carbocycles. The van der Waals surface area contributed by atoms with Gasteiger partial charge in [-0.2, -0.15) is 0 Å². The molecule has 0 amide bonds. The van der Waals surface area contributed by atoms with Gasteiger partial charge in [-0.05, 0) is 85.0 Å².